The van der Waals surface area contributed by atoms with E-state index in [-0.39, 0.29) is 5.91 Å². The molecule has 2 saturated heterocycles. The molecule has 2 aliphatic heterocycles. The van der Waals surface area contributed by atoms with Gasteiger partial charge in [0.1, 0.15) is 5.76 Å². The zero-order valence-electron chi connectivity index (χ0n) is 11.9. The maximum absolute atomic E-state index is 12.6. The number of fused-ring (bicyclic) bond motifs is 2. The van der Waals surface area contributed by atoms with Gasteiger partial charge in [-0.1, -0.05) is 5.16 Å². The summed E-state index contributed by atoms with van der Waals surface area (Å²) in [6.45, 7) is 1.67. The molecular formula is C15H21N3O2. The Bertz CT molecular complexity index is 523. The summed E-state index contributed by atoms with van der Waals surface area (Å²) in [4.78, 5) is 17.0. The monoisotopic (exact) mass is 275 g/mol. The van der Waals surface area contributed by atoms with Crippen molar-refractivity contribution in [2.75, 3.05) is 20.1 Å². The van der Waals surface area contributed by atoms with Crippen molar-refractivity contribution >= 4 is 5.91 Å². The third-order valence-corrected chi connectivity index (χ3v) is 5.16. The number of hydrogen-bond acceptors (Lipinski definition) is 4. The third kappa shape index (κ3) is 2.04. The molecule has 3 fully saturated rings. The topological polar surface area (TPSA) is 49.6 Å². The molecule has 108 valence electrons. The molecule has 0 aromatic carbocycles. The Hall–Kier alpha value is -1.36. The largest absolute Gasteiger partial charge is 0.360 e. The summed E-state index contributed by atoms with van der Waals surface area (Å²) in [5, 5.41) is 3.98. The Kier molecular flexibility index (Phi) is 2.84. The number of aromatic nitrogens is 1. The van der Waals surface area contributed by atoms with Crippen LogP contribution < -0.4 is 0 Å². The van der Waals surface area contributed by atoms with Crippen molar-refractivity contribution in [1.82, 2.24) is 15.0 Å². The molecule has 1 saturated carbocycles. The maximum atomic E-state index is 12.6. The molecule has 0 N–H and O–H groups in total. The summed E-state index contributed by atoms with van der Waals surface area (Å²) in [7, 11) is 2.19. The highest BCUT2D eigenvalue weighted by Crippen LogP contribution is 2.40. The van der Waals surface area contributed by atoms with Crippen LogP contribution in [-0.2, 0) is 0 Å². The number of hydrogen-bond donors (Lipinski definition) is 0. The Morgan fingerprint density at radius 2 is 2.05 bits per heavy atom. The van der Waals surface area contributed by atoms with Gasteiger partial charge >= 0.3 is 0 Å². The molecule has 3 aliphatic rings. The molecule has 2 atom stereocenters. The van der Waals surface area contributed by atoms with Gasteiger partial charge in [0.05, 0.1) is 0 Å². The van der Waals surface area contributed by atoms with Crippen LogP contribution in [0.1, 0.15) is 54.3 Å². The molecule has 5 heteroatoms. The summed E-state index contributed by atoms with van der Waals surface area (Å²) in [6.07, 6.45) is 5.89. The Morgan fingerprint density at radius 1 is 1.25 bits per heavy atom. The molecule has 2 unspecified atom stereocenters. The minimum atomic E-state index is 0.0431. The summed E-state index contributed by atoms with van der Waals surface area (Å²) < 4.78 is 5.31. The van der Waals surface area contributed by atoms with Crippen LogP contribution in [0.2, 0.25) is 0 Å². The fourth-order valence-corrected chi connectivity index (χ4v) is 3.61. The molecule has 0 radical (unpaired) electrons. The van der Waals surface area contributed by atoms with E-state index in [1.54, 1.807) is 0 Å². The molecule has 4 rings (SSSR count). The molecule has 1 aliphatic carbocycles. The van der Waals surface area contributed by atoms with Crippen LogP contribution in [0.25, 0.3) is 0 Å². The first-order valence-corrected chi connectivity index (χ1v) is 7.70. The van der Waals surface area contributed by atoms with Crippen LogP contribution in [0, 0.1) is 0 Å². The second-order valence-corrected chi connectivity index (χ2v) is 6.48. The van der Waals surface area contributed by atoms with Crippen molar-refractivity contribution in [2.45, 2.75) is 50.1 Å². The Balaban J connectivity index is 1.49. The lowest BCUT2D eigenvalue weighted by Gasteiger charge is -2.25. The van der Waals surface area contributed by atoms with Crippen LogP contribution in [0.4, 0.5) is 0 Å². The normalized spacial score (nSPS) is 30.6. The molecule has 5 nitrogen and oxygen atoms in total. The van der Waals surface area contributed by atoms with E-state index in [1.807, 2.05) is 11.0 Å². The minimum Gasteiger partial charge on any atom is -0.360 e. The number of rotatable bonds is 2. The highest BCUT2D eigenvalue weighted by molar-refractivity contribution is 5.92. The number of carbonyl (C=O) groups is 1. The average Bonchev–Trinajstić information content (AvgIpc) is 3.09. The summed E-state index contributed by atoms with van der Waals surface area (Å²) in [5.74, 6) is 1.44. The SMILES string of the molecule is CN1C2CCC1CN(C(=O)c1cc(C3CC3)on1)CC2. The van der Waals surface area contributed by atoms with Crippen molar-refractivity contribution in [3.05, 3.63) is 17.5 Å². The van der Waals surface area contributed by atoms with Crippen molar-refractivity contribution < 1.29 is 9.32 Å². The first-order valence-electron chi connectivity index (χ1n) is 7.70. The van der Waals surface area contributed by atoms with Crippen molar-refractivity contribution in [2.24, 2.45) is 0 Å². The van der Waals surface area contributed by atoms with Gasteiger partial charge < -0.3 is 9.42 Å². The van der Waals surface area contributed by atoms with Gasteiger partial charge in [0, 0.05) is 37.2 Å². The van der Waals surface area contributed by atoms with E-state index in [2.05, 4.69) is 17.1 Å². The fraction of sp³-hybridized carbons (Fsp3) is 0.733. The first-order chi connectivity index (χ1) is 9.72. The number of nitrogens with zero attached hydrogens (tertiary/aromatic N) is 3. The maximum Gasteiger partial charge on any atom is 0.276 e. The highest BCUT2D eigenvalue weighted by atomic mass is 16.5. The second kappa shape index (κ2) is 4.58. The summed E-state index contributed by atoms with van der Waals surface area (Å²) >= 11 is 0. The lowest BCUT2D eigenvalue weighted by molar-refractivity contribution is 0.0729. The minimum absolute atomic E-state index is 0.0431. The smallest absolute Gasteiger partial charge is 0.276 e. The number of amides is 1. The molecule has 1 aromatic rings. The fourth-order valence-electron chi connectivity index (χ4n) is 3.61. The van der Waals surface area contributed by atoms with Crippen molar-refractivity contribution in [1.29, 1.82) is 0 Å². The summed E-state index contributed by atoms with van der Waals surface area (Å²) in [6, 6.07) is 3.02. The number of likely N-dealkylation sites (N-methyl/N-ethyl adjacent to an activating group) is 1. The quantitative estimate of drug-likeness (QED) is 0.826. The standard InChI is InChI=1S/C15H21N3O2/c1-17-11-4-5-12(17)9-18(7-6-11)15(19)13-8-14(20-16-13)10-2-3-10/h8,10-12H,2-7,9H2,1H3. The Labute approximate surface area is 118 Å². The molecule has 1 aromatic heterocycles. The van der Waals surface area contributed by atoms with Crippen molar-refractivity contribution in [3.63, 3.8) is 0 Å². The molecule has 1 amide bonds. The lowest BCUT2D eigenvalue weighted by atomic mass is 10.1. The first kappa shape index (κ1) is 12.4. The van der Waals surface area contributed by atoms with Gasteiger partial charge in [-0.05, 0) is 39.2 Å². The molecule has 3 heterocycles. The predicted octanol–water partition coefficient (Wildman–Crippen LogP) is 1.86. The molecule has 2 bridgehead atoms. The van der Waals surface area contributed by atoms with Gasteiger partial charge in [0.25, 0.3) is 5.91 Å². The predicted molar refractivity (Wildman–Crippen MR) is 73.6 cm³/mol. The number of carbonyl (C=O) groups excluding carboxylic acids is 1. The van der Waals surface area contributed by atoms with E-state index >= 15 is 0 Å². The summed E-state index contributed by atoms with van der Waals surface area (Å²) in [5.41, 5.74) is 0.493. The van der Waals surface area contributed by atoms with E-state index in [1.165, 1.54) is 25.7 Å². The molecule has 0 spiro atoms. The van der Waals surface area contributed by atoms with Gasteiger partial charge in [-0.15, -0.1) is 0 Å². The van der Waals surface area contributed by atoms with E-state index in [0.717, 1.165) is 25.3 Å². The third-order valence-electron chi connectivity index (χ3n) is 5.16. The van der Waals surface area contributed by atoms with E-state index in [4.69, 9.17) is 4.52 Å². The van der Waals surface area contributed by atoms with E-state index in [0.29, 0.717) is 23.7 Å². The van der Waals surface area contributed by atoms with Gasteiger partial charge in [-0.25, -0.2) is 0 Å². The Morgan fingerprint density at radius 3 is 2.85 bits per heavy atom. The molecule has 20 heavy (non-hydrogen) atoms. The zero-order chi connectivity index (χ0) is 13.7. The highest BCUT2D eigenvalue weighted by Gasteiger charge is 2.37. The van der Waals surface area contributed by atoms with E-state index in [9.17, 15) is 4.79 Å². The zero-order valence-corrected chi connectivity index (χ0v) is 11.9. The average molecular weight is 275 g/mol. The van der Waals surface area contributed by atoms with Crippen LogP contribution in [0.5, 0.6) is 0 Å². The lowest BCUT2D eigenvalue weighted by Crippen LogP contribution is -2.39. The van der Waals surface area contributed by atoms with Crippen LogP contribution in [0.15, 0.2) is 10.6 Å². The number of likely N-dealkylation sites (tertiary alicyclic amines) is 1. The van der Waals surface area contributed by atoms with Crippen LogP contribution in [0.3, 0.4) is 0 Å². The van der Waals surface area contributed by atoms with Gasteiger partial charge in [-0.2, -0.15) is 0 Å². The second-order valence-electron chi connectivity index (χ2n) is 6.48. The van der Waals surface area contributed by atoms with E-state index < -0.39 is 0 Å². The van der Waals surface area contributed by atoms with Gasteiger partial charge in [-0.3, -0.25) is 9.69 Å². The van der Waals surface area contributed by atoms with Gasteiger partial charge in [0.2, 0.25) is 0 Å². The van der Waals surface area contributed by atoms with Gasteiger partial charge in [0.15, 0.2) is 5.69 Å². The van der Waals surface area contributed by atoms with Crippen LogP contribution >= 0.6 is 0 Å². The van der Waals surface area contributed by atoms with Crippen LogP contribution in [-0.4, -0.2) is 53.1 Å². The van der Waals surface area contributed by atoms with Crippen molar-refractivity contribution in [3.8, 4) is 0 Å². The molecular weight excluding hydrogens is 254 g/mol.